The molecular weight excluding hydrogens is 278 g/mol. The Kier molecular flexibility index (Phi) is 3.98. The number of hydrogen-bond donors (Lipinski definition) is 2. The molecule has 1 unspecified atom stereocenters. The van der Waals surface area contributed by atoms with Crippen molar-refractivity contribution in [2.24, 2.45) is 11.8 Å². The minimum Gasteiger partial charge on any atom is -0.441 e. The Balaban J connectivity index is 1.74. The van der Waals surface area contributed by atoms with Crippen molar-refractivity contribution in [1.29, 1.82) is 0 Å². The Labute approximate surface area is 130 Å². The third-order valence-electron chi connectivity index (χ3n) is 4.34. The van der Waals surface area contributed by atoms with Crippen LogP contribution in [-0.2, 0) is 4.79 Å². The molecule has 2 heterocycles. The summed E-state index contributed by atoms with van der Waals surface area (Å²) in [6, 6.07) is 7.61. The van der Waals surface area contributed by atoms with E-state index >= 15 is 0 Å². The molecule has 0 radical (unpaired) electrons. The van der Waals surface area contributed by atoms with Crippen LogP contribution in [0.4, 0.5) is 5.69 Å². The molecule has 1 saturated heterocycles. The fraction of sp³-hybridized carbons (Fsp3) is 0.412. The Morgan fingerprint density at radius 3 is 2.77 bits per heavy atom. The second-order valence-electron chi connectivity index (χ2n) is 5.94. The van der Waals surface area contributed by atoms with E-state index in [1.54, 1.807) is 0 Å². The maximum absolute atomic E-state index is 12.3. The molecule has 2 aromatic rings. The molecule has 0 saturated carbocycles. The number of nitrogens with one attached hydrogen (secondary N) is 2. The zero-order valence-electron chi connectivity index (χ0n) is 13.1. The lowest BCUT2D eigenvalue weighted by molar-refractivity contribution is -0.121. The zero-order chi connectivity index (χ0) is 15.7. The number of carbonyl (C=O) groups is 1. The van der Waals surface area contributed by atoms with Crippen molar-refractivity contribution in [3.05, 3.63) is 35.7 Å². The minimum absolute atomic E-state index is 0.0103. The zero-order valence-corrected chi connectivity index (χ0v) is 13.1. The maximum Gasteiger partial charge on any atom is 0.227 e. The summed E-state index contributed by atoms with van der Waals surface area (Å²) in [6.45, 7) is 7.63. The van der Waals surface area contributed by atoms with Crippen LogP contribution < -0.4 is 10.6 Å². The number of anilines is 1. The normalized spacial score (nSPS) is 16.1. The van der Waals surface area contributed by atoms with Gasteiger partial charge in [-0.05, 0) is 51.1 Å². The molecule has 1 aromatic carbocycles. The van der Waals surface area contributed by atoms with Gasteiger partial charge in [0.2, 0.25) is 11.8 Å². The van der Waals surface area contributed by atoms with E-state index in [9.17, 15) is 4.79 Å². The number of nitrogens with zero attached hydrogens (tertiary/aromatic N) is 1. The Morgan fingerprint density at radius 2 is 2.18 bits per heavy atom. The number of hydrogen-bond acceptors (Lipinski definition) is 4. The van der Waals surface area contributed by atoms with Crippen LogP contribution in [0.15, 0.2) is 28.7 Å². The Hall–Kier alpha value is -2.14. The number of rotatable bonds is 4. The van der Waals surface area contributed by atoms with Crippen molar-refractivity contribution in [2.45, 2.75) is 20.8 Å². The predicted octanol–water partition coefficient (Wildman–Crippen LogP) is 2.75. The van der Waals surface area contributed by atoms with Crippen LogP contribution in [-0.4, -0.2) is 24.0 Å². The topological polar surface area (TPSA) is 67.2 Å². The van der Waals surface area contributed by atoms with Gasteiger partial charge in [0.25, 0.3) is 0 Å². The molecule has 3 rings (SSSR count). The van der Waals surface area contributed by atoms with Crippen LogP contribution in [0.5, 0.6) is 0 Å². The summed E-state index contributed by atoms with van der Waals surface area (Å²) in [5, 5.41) is 6.18. The highest BCUT2D eigenvalue weighted by atomic mass is 16.4. The van der Waals surface area contributed by atoms with E-state index in [1.165, 1.54) is 0 Å². The highest BCUT2D eigenvalue weighted by Gasteiger charge is 2.28. The van der Waals surface area contributed by atoms with Crippen LogP contribution in [0.25, 0.3) is 11.5 Å². The summed E-state index contributed by atoms with van der Waals surface area (Å²) in [4.78, 5) is 16.7. The lowest BCUT2D eigenvalue weighted by atomic mass is 9.88. The van der Waals surface area contributed by atoms with Gasteiger partial charge in [-0.2, -0.15) is 0 Å². The van der Waals surface area contributed by atoms with Gasteiger partial charge in [0.05, 0.1) is 5.69 Å². The van der Waals surface area contributed by atoms with Gasteiger partial charge in [0, 0.05) is 17.2 Å². The first-order valence-electron chi connectivity index (χ1n) is 7.60. The van der Waals surface area contributed by atoms with Crippen molar-refractivity contribution in [1.82, 2.24) is 10.3 Å². The summed E-state index contributed by atoms with van der Waals surface area (Å²) in [5.74, 6) is 1.90. The molecule has 5 nitrogen and oxygen atoms in total. The summed E-state index contributed by atoms with van der Waals surface area (Å²) in [5.41, 5.74) is 2.53. The van der Waals surface area contributed by atoms with E-state index in [0.29, 0.717) is 11.8 Å². The summed E-state index contributed by atoms with van der Waals surface area (Å²) < 4.78 is 5.64. The van der Waals surface area contributed by atoms with Gasteiger partial charge in [-0.3, -0.25) is 4.79 Å². The second kappa shape index (κ2) is 5.93. The number of aromatic nitrogens is 1. The van der Waals surface area contributed by atoms with Gasteiger partial charge in [-0.1, -0.05) is 13.0 Å². The van der Waals surface area contributed by atoms with Crippen LogP contribution in [0.2, 0.25) is 0 Å². The minimum atomic E-state index is 0.0103. The third kappa shape index (κ3) is 2.90. The quantitative estimate of drug-likeness (QED) is 0.911. The number of benzene rings is 1. The molecule has 1 atom stereocenters. The number of oxazole rings is 1. The maximum atomic E-state index is 12.3. The highest BCUT2D eigenvalue weighted by molar-refractivity contribution is 5.93. The molecule has 0 bridgehead atoms. The van der Waals surface area contributed by atoms with Crippen LogP contribution in [0.1, 0.15) is 18.4 Å². The number of carbonyl (C=O) groups excluding carboxylic acids is 1. The predicted molar refractivity (Wildman–Crippen MR) is 85.6 cm³/mol. The smallest absolute Gasteiger partial charge is 0.227 e. The average molecular weight is 299 g/mol. The van der Waals surface area contributed by atoms with E-state index in [2.05, 4.69) is 15.6 Å². The highest BCUT2D eigenvalue weighted by Crippen LogP contribution is 2.25. The van der Waals surface area contributed by atoms with E-state index in [1.807, 2.05) is 45.0 Å². The number of aryl methyl sites for hydroxylation is 2. The third-order valence-corrected chi connectivity index (χ3v) is 4.34. The Morgan fingerprint density at radius 1 is 1.41 bits per heavy atom. The van der Waals surface area contributed by atoms with Gasteiger partial charge in [-0.25, -0.2) is 4.98 Å². The molecule has 2 N–H and O–H groups in total. The molecule has 1 fully saturated rings. The molecule has 0 spiro atoms. The second-order valence-corrected chi connectivity index (χ2v) is 5.94. The summed E-state index contributed by atoms with van der Waals surface area (Å²) in [7, 11) is 0. The van der Waals surface area contributed by atoms with Crippen molar-refractivity contribution in [3.63, 3.8) is 0 Å². The van der Waals surface area contributed by atoms with Gasteiger partial charge in [-0.15, -0.1) is 0 Å². The van der Waals surface area contributed by atoms with E-state index in [4.69, 9.17) is 4.42 Å². The molecule has 1 amide bonds. The first-order chi connectivity index (χ1) is 10.5. The fourth-order valence-electron chi connectivity index (χ4n) is 2.46. The van der Waals surface area contributed by atoms with Gasteiger partial charge >= 0.3 is 0 Å². The van der Waals surface area contributed by atoms with Crippen molar-refractivity contribution < 1.29 is 9.21 Å². The average Bonchev–Trinajstić information content (AvgIpc) is 2.77. The van der Waals surface area contributed by atoms with Crippen molar-refractivity contribution >= 4 is 11.6 Å². The van der Waals surface area contributed by atoms with E-state index in [-0.39, 0.29) is 11.8 Å². The van der Waals surface area contributed by atoms with Crippen LogP contribution in [0, 0.1) is 25.7 Å². The van der Waals surface area contributed by atoms with Gasteiger partial charge in [0.1, 0.15) is 5.76 Å². The van der Waals surface area contributed by atoms with Crippen molar-refractivity contribution in [2.75, 3.05) is 18.4 Å². The molecule has 1 aliphatic rings. The lowest BCUT2D eigenvalue weighted by Crippen LogP contribution is -2.48. The molecule has 0 aliphatic carbocycles. The van der Waals surface area contributed by atoms with Crippen LogP contribution >= 0.6 is 0 Å². The Bertz CT molecular complexity index is 669. The first-order valence-corrected chi connectivity index (χ1v) is 7.60. The lowest BCUT2D eigenvalue weighted by Gasteiger charge is -2.31. The van der Waals surface area contributed by atoms with Gasteiger partial charge < -0.3 is 15.1 Å². The molecule has 1 aliphatic heterocycles. The molecular formula is C17H21N3O2. The molecule has 1 aromatic heterocycles. The monoisotopic (exact) mass is 299 g/mol. The SMILES string of the molecule is Cc1nc(-c2cccc(NC(=O)C(C)C3CNC3)c2)oc1C. The largest absolute Gasteiger partial charge is 0.441 e. The standard InChI is InChI=1S/C17H21N3O2/c1-10(14-8-18-9-14)16(21)20-15-6-4-5-13(7-15)17-19-11(2)12(3)22-17/h4-7,10,14,18H,8-9H2,1-3H3,(H,20,21). The first kappa shape index (κ1) is 14.8. The summed E-state index contributed by atoms with van der Waals surface area (Å²) in [6.07, 6.45) is 0. The van der Waals surface area contributed by atoms with Crippen LogP contribution in [0.3, 0.4) is 0 Å². The molecule has 116 valence electrons. The van der Waals surface area contributed by atoms with E-state index < -0.39 is 0 Å². The van der Waals surface area contributed by atoms with Crippen molar-refractivity contribution in [3.8, 4) is 11.5 Å². The fourth-order valence-corrected chi connectivity index (χ4v) is 2.46. The van der Waals surface area contributed by atoms with E-state index in [0.717, 1.165) is 35.8 Å². The number of amides is 1. The molecule has 22 heavy (non-hydrogen) atoms. The van der Waals surface area contributed by atoms with Gasteiger partial charge in [0.15, 0.2) is 0 Å². The summed E-state index contributed by atoms with van der Waals surface area (Å²) >= 11 is 0. The molecule has 5 heteroatoms.